The highest BCUT2D eigenvalue weighted by Gasteiger charge is 2.40. The van der Waals surface area contributed by atoms with Crippen LogP contribution in [0, 0.1) is 35.5 Å². The number of rotatable bonds is 9. The second-order valence-corrected chi connectivity index (χ2v) is 16.0. The molecule has 3 aliphatic carbocycles. The number of alkyl halides is 1. The number of fused-ring (bicyclic) bond motifs is 2. The lowest BCUT2D eigenvalue weighted by Gasteiger charge is -2.44. The van der Waals surface area contributed by atoms with Crippen LogP contribution in [0.4, 0.5) is 0 Å². The molecule has 6 fully saturated rings. The number of halogens is 1. The van der Waals surface area contributed by atoms with Gasteiger partial charge in [0, 0.05) is 55.9 Å². The van der Waals surface area contributed by atoms with E-state index < -0.39 is 6.10 Å². The molecule has 43 heavy (non-hydrogen) atoms. The number of aliphatic hydroxyl groups excluding tert-OH is 1. The summed E-state index contributed by atoms with van der Waals surface area (Å²) in [6.45, 7) is 6.96. The number of piperidine rings is 2. The predicted octanol–water partition coefficient (Wildman–Crippen LogP) is 3.14. The molecule has 3 saturated heterocycles. The van der Waals surface area contributed by atoms with E-state index in [4.69, 9.17) is 9.47 Å². The van der Waals surface area contributed by atoms with Crippen molar-refractivity contribution in [1.82, 2.24) is 20.4 Å². The van der Waals surface area contributed by atoms with Gasteiger partial charge in [0.05, 0.1) is 31.6 Å². The molecule has 6 rings (SSSR count). The van der Waals surface area contributed by atoms with Gasteiger partial charge in [-0.3, -0.25) is 14.9 Å². The normalized spacial score (nSPS) is 39.5. The van der Waals surface area contributed by atoms with E-state index in [-0.39, 0.29) is 23.8 Å². The minimum absolute atomic E-state index is 0.0366. The largest absolute Gasteiger partial charge is 0.390 e. The third-order valence-electron chi connectivity index (χ3n) is 11.7. The number of aliphatic hydroxyl groups is 1. The van der Waals surface area contributed by atoms with Crippen LogP contribution in [0.25, 0.3) is 0 Å². The first-order valence-corrected chi connectivity index (χ1v) is 18.4. The molecular formula is C33H55BrN4O5. The van der Waals surface area contributed by atoms with Crippen molar-refractivity contribution in [1.29, 1.82) is 0 Å². The number of carbonyl (C=O) groups excluding carboxylic acids is 2. The first-order valence-electron chi connectivity index (χ1n) is 17.5. The monoisotopic (exact) mass is 666 g/mol. The molecule has 10 heteroatoms. The van der Waals surface area contributed by atoms with E-state index in [1.807, 2.05) is 0 Å². The molecule has 6 aliphatic rings. The van der Waals surface area contributed by atoms with E-state index in [9.17, 15) is 14.7 Å². The van der Waals surface area contributed by atoms with Crippen molar-refractivity contribution < 1.29 is 24.2 Å². The number of β-amino-alcohol motifs (C(OH)–C–C–N with tert-alkyl or cyclic N) is 1. The van der Waals surface area contributed by atoms with Crippen LogP contribution in [0.2, 0.25) is 0 Å². The molecule has 0 aromatic rings. The van der Waals surface area contributed by atoms with Gasteiger partial charge in [0.2, 0.25) is 11.8 Å². The lowest BCUT2D eigenvalue weighted by Crippen LogP contribution is -2.50. The van der Waals surface area contributed by atoms with Crippen LogP contribution < -0.4 is 10.6 Å². The summed E-state index contributed by atoms with van der Waals surface area (Å²) in [6, 6.07) is 0. The number of hydrogen-bond donors (Lipinski definition) is 3. The summed E-state index contributed by atoms with van der Waals surface area (Å²) in [6.07, 6.45) is 12.7. The van der Waals surface area contributed by atoms with Gasteiger partial charge < -0.3 is 29.7 Å². The number of amides is 2. The fourth-order valence-corrected chi connectivity index (χ4v) is 9.64. The number of likely N-dealkylation sites (tertiary alicyclic amines) is 2. The summed E-state index contributed by atoms with van der Waals surface area (Å²) in [5.41, 5.74) is 0. The average Bonchev–Trinajstić information content (AvgIpc) is 3.56. The van der Waals surface area contributed by atoms with Gasteiger partial charge in [-0.15, -0.1) is 0 Å². The number of hydrogen-bond acceptors (Lipinski definition) is 7. The van der Waals surface area contributed by atoms with E-state index in [0.29, 0.717) is 66.9 Å². The van der Waals surface area contributed by atoms with Crippen LogP contribution in [0.15, 0.2) is 0 Å². The fraction of sp³-hybridized carbons (Fsp3) is 0.939. The second kappa shape index (κ2) is 15.2. The summed E-state index contributed by atoms with van der Waals surface area (Å²) in [7, 11) is 0. The van der Waals surface area contributed by atoms with E-state index in [0.717, 1.165) is 103 Å². The zero-order valence-electron chi connectivity index (χ0n) is 26.0. The Bertz CT molecular complexity index is 929. The maximum Gasteiger partial charge on any atom is 0.225 e. The Morgan fingerprint density at radius 3 is 2.47 bits per heavy atom. The van der Waals surface area contributed by atoms with Crippen LogP contribution >= 0.6 is 15.9 Å². The summed E-state index contributed by atoms with van der Waals surface area (Å²) < 4.78 is 11.8. The van der Waals surface area contributed by atoms with Gasteiger partial charge in [-0.1, -0.05) is 15.9 Å². The molecule has 8 atom stereocenters. The number of ether oxygens (including phenoxy) is 2. The molecule has 0 aromatic heterocycles. The third kappa shape index (κ3) is 8.53. The Kier molecular flexibility index (Phi) is 11.4. The van der Waals surface area contributed by atoms with Crippen molar-refractivity contribution in [3.8, 4) is 0 Å². The lowest BCUT2D eigenvalue weighted by atomic mass is 9.70. The Labute approximate surface area is 266 Å². The third-order valence-corrected chi connectivity index (χ3v) is 12.7. The molecule has 0 radical (unpaired) electrons. The molecule has 3 N–H and O–H groups in total. The molecule has 0 spiro atoms. The summed E-state index contributed by atoms with van der Waals surface area (Å²) in [4.78, 5) is 31.4. The Morgan fingerprint density at radius 2 is 1.65 bits per heavy atom. The van der Waals surface area contributed by atoms with Crippen molar-refractivity contribution >= 4 is 27.7 Å². The van der Waals surface area contributed by atoms with Gasteiger partial charge >= 0.3 is 0 Å². The predicted molar refractivity (Wildman–Crippen MR) is 169 cm³/mol. The fourth-order valence-electron chi connectivity index (χ4n) is 9.11. The zero-order valence-corrected chi connectivity index (χ0v) is 27.6. The summed E-state index contributed by atoms with van der Waals surface area (Å²) in [5, 5.41) is 17.1. The Hall–Kier alpha value is -0.780. The molecule has 0 bridgehead atoms. The van der Waals surface area contributed by atoms with Crippen molar-refractivity contribution in [2.45, 2.75) is 100 Å². The number of nitrogens with zero attached hydrogens (tertiary/aromatic N) is 2. The molecule has 3 saturated carbocycles. The van der Waals surface area contributed by atoms with Crippen molar-refractivity contribution in [3.05, 3.63) is 0 Å². The molecule has 7 unspecified atom stereocenters. The zero-order chi connectivity index (χ0) is 29.8. The van der Waals surface area contributed by atoms with Gasteiger partial charge in [-0.05, 0) is 107 Å². The second-order valence-electron chi connectivity index (χ2n) is 14.7. The minimum Gasteiger partial charge on any atom is -0.390 e. The summed E-state index contributed by atoms with van der Waals surface area (Å²) >= 11 is 3.71. The van der Waals surface area contributed by atoms with Crippen molar-refractivity contribution in [3.63, 3.8) is 0 Å². The molecular weight excluding hydrogens is 612 g/mol. The lowest BCUT2D eigenvalue weighted by molar-refractivity contribution is -0.141. The molecule has 244 valence electrons. The van der Waals surface area contributed by atoms with Crippen LogP contribution in [0.3, 0.4) is 0 Å². The van der Waals surface area contributed by atoms with Crippen LogP contribution in [0.5, 0.6) is 0 Å². The SMILES string of the molecule is O=C(NC[C@H](O)CN1CCC2CC(OCC3CNCO3)CCC2C1)C1CCC2CN(C(=O)C3CCC(Br)CC3)CCC2C1. The Balaban J connectivity index is 0.861. The quantitative estimate of drug-likeness (QED) is 0.325. The molecule has 3 aliphatic heterocycles. The van der Waals surface area contributed by atoms with Gasteiger partial charge in [0.1, 0.15) is 0 Å². The topological polar surface area (TPSA) is 103 Å². The van der Waals surface area contributed by atoms with E-state index >= 15 is 0 Å². The van der Waals surface area contributed by atoms with Crippen LogP contribution in [-0.2, 0) is 19.1 Å². The smallest absolute Gasteiger partial charge is 0.225 e. The first-order chi connectivity index (χ1) is 20.9. The molecule has 2 amide bonds. The van der Waals surface area contributed by atoms with Crippen molar-refractivity contribution in [2.24, 2.45) is 35.5 Å². The molecule has 0 aromatic carbocycles. The van der Waals surface area contributed by atoms with E-state index in [1.165, 1.54) is 6.42 Å². The van der Waals surface area contributed by atoms with Gasteiger partial charge in [0.25, 0.3) is 0 Å². The Morgan fingerprint density at radius 1 is 0.907 bits per heavy atom. The standard InChI is InChI=1S/C33H55BrN4O5/c34-28-6-3-22(4-7-28)33(41)38-12-10-23-13-25(1-2-27(23)18-38)32(40)36-15-29(39)19-37-11-9-24-14-30(8-5-26(24)17-37)42-20-31-16-35-21-43-31/h22-31,35,39H,1-21H2,(H,36,40)/t22?,23?,24?,25?,26?,27?,28?,29-,30?,31?/m0/s1. The number of nitrogens with one attached hydrogen (secondary N) is 2. The van der Waals surface area contributed by atoms with Crippen molar-refractivity contribution in [2.75, 3.05) is 59.2 Å². The molecule has 3 heterocycles. The molecule has 9 nitrogen and oxygen atoms in total. The summed E-state index contributed by atoms with van der Waals surface area (Å²) in [5.74, 6) is 3.19. The van der Waals surface area contributed by atoms with Gasteiger partial charge in [-0.25, -0.2) is 0 Å². The number of carbonyl (C=O) groups is 2. The average molecular weight is 668 g/mol. The maximum atomic E-state index is 13.2. The maximum absolute atomic E-state index is 13.2. The van der Waals surface area contributed by atoms with Gasteiger partial charge in [0.15, 0.2) is 0 Å². The highest BCUT2D eigenvalue weighted by molar-refractivity contribution is 9.09. The van der Waals surface area contributed by atoms with Gasteiger partial charge in [-0.2, -0.15) is 0 Å². The first kappa shape index (κ1) is 32.2. The highest BCUT2D eigenvalue weighted by Crippen LogP contribution is 2.41. The van der Waals surface area contributed by atoms with Crippen LogP contribution in [0.1, 0.15) is 77.0 Å². The van der Waals surface area contributed by atoms with Crippen LogP contribution in [-0.4, -0.2) is 109 Å². The van der Waals surface area contributed by atoms with E-state index in [1.54, 1.807) is 0 Å². The van der Waals surface area contributed by atoms with E-state index in [2.05, 4.69) is 36.4 Å². The highest BCUT2D eigenvalue weighted by atomic mass is 79.9. The minimum atomic E-state index is -0.537.